The third-order valence-electron chi connectivity index (χ3n) is 6.29. The molecular formula is C27H26F2N4O2. The van der Waals surface area contributed by atoms with Crippen molar-refractivity contribution in [1.29, 1.82) is 0 Å². The fourth-order valence-corrected chi connectivity index (χ4v) is 4.51. The van der Waals surface area contributed by atoms with Crippen molar-refractivity contribution in [2.45, 2.75) is 39.3 Å². The van der Waals surface area contributed by atoms with Gasteiger partial charge in [-0.15, -0.1) is 0 Å². The summed E-state index contributed by atoms with van der Waals surface area (Å²) >= 11 is 0. The van der Waals surface area contributed by atoms with Crippen molar-refractivity contribution >= 4 is 17.2 Å². The Balaban J connectivity index is 1.35. The molecule has 1 atom stereocenters. The number of benzene rings is 2. The summed E-state index contributed by atoms with van der Waals surface area (Å²) in [4.78, 5) is 17.7. The van der Waals surface area contributed by atoms with Crippen LogP contribution in [0.1, 0.15) is 39.3 Å². The monoisotopic (exact) mass is 476 g/mol. The van der Waals surface area contributed by atoms with E-state index < -0.39 is 11.6 Å². The van der Waals surface area contributed by atoms with Crippen molar-refractivity contribution in [3.63, 3.8) is 0 Å². The van der Waals surface area contributed by atoms with Gasteiger partial charge in [-0.1, -0.05) is 24.3 Å². The molecule has 2 aromatic heterocycles. The van der Waals surface area contributed by atoms with Crippen LogP contribution in [0, 0.1) is 25.5 Å². The summed E-state index contributed by atoms with van der Waals surface area (Å²) in [5, 5.41) is 6.52. The molecule has 180 valence electrons. The Kier molecular flexibility index (Phi) is 6.11. The van der Waals surface area contributed by atoms with Crippen molar-refractivity contribution in [3.05, 3.63) is 94.4 Å². The normalized spacial score (nSPS) is 14.9. The lowest BCUT2D eigenvalue weighted by molar-refractivity contribution is 0.0945. The minimum absolute atomic E-state index is 0.129. The van der Waals surface area contributed by atoms with E-state index in [2.05, 4.69) is 27.8 Å². The van der Waals surface area contributed by atoms with Crippen LogP contribution in [-0.2, 0) is 13.0 Å². The predicted molar refractivity (Wildman–Crippen MR) is 130 cm³/mol. The van der Waals surface area contributed by atoms with Crippen molar-refractivity contribution in [1.82, 2.24) is 14.7 Å². The summed E-state index contributed by atoms with van der Waals surface area (Å²) in [7, 11) is 0. The Morgan fingerprint density at radius 3 is 2.74 bits per heavy atom. The van der Waals surface area contributed by atoms with Crippen molar-refractivity contribution < 1.29 is 18.3 Å². The molecule has 2 aromatic carbocycles. The number of imidazole rings is 1. The predicted octanol–water partition coefficient (Wildman–Crippen LogP) is 4.97. The van der Waals surface area contributed by atoms with E-state index in [1.165, 1.54) is 23.8 Å². The number of amides is 1. The second-order valence-electron chi connectivity index (χ2n) is 8.86. The first kappa shape index (κ1) is 22.8. The zero-order valence-corrected chi connectivity index (χ0v) is 19.6. The van der Waals surface area contributed by atoms with Gasteiger partial charge in [-0.3, -0.25) is 9.20 Å². The number of aromatic nitrogens is 2. The molecule has 3 heterocycles. The second-order valence-corrected chi connectivity index (χ2v) is 8.86. The van der Waals surface area contributed by atoms with Gasteiger partial charge in [0, 0.05) is 24.5 Å². The number of carbonyl (C=O) groups excluding carboxylic acids is 1. The lowest BCUT2D eigenvalue weighted by Crippen LogP contribution is -2.39. The van der Waals surface area contributed by atoms with Gasteiger partial charge >= 0.3 is 0 Å². The van der Waals surface area contributed by atoms with Crippen molar-refractivity contribution in [3.8, 4) is 5.75 Å². The minimum Gasteiger partial charge on any atom is -0.485 e. The van der Waals surface area contributed by atoms with Crippen LogP contribution in [0.15, 0.2) is 54.7 Å². The van der Waals surface area contributed by atoms with Crippen molar-refractivity contribution in [2.75, 3.05) is 11.9 Å². The molecule has 5 rings (SSSR count). The number of nitrogens with zero attached hydrogens (tertiary/aromatic N) is 2. The highest BCUT2D eigenvalue weighted by molar-refractivity contribution is 5.95. The average molecular weight is 477 g/mol. The maximum absolute atomic E-state index is 14.0. The van der Waals surface area contributed by atoms with Crippen LogP contribution in [0.4, 0.5) is 14.5 Å². The molecular weight excluding hydrogens is 450 g/mol. The van der Waals surface area contributed by atoms with E-state index in [0.717, 1.165) is 24.1 Å². The topological polar surface area (TPSA) is 67.7 Å². The molecule has 35 heavy (non-hydrogen) atoms. The van der Waals surface area contributed by atoms with E-state index >= 15 is 0 Å². The molecule has 1 unspecified atom stereocenters. The van der Waals surface area contributed by atoms with Gasteiger partial charge in [0.15, 0.2) is 11.4 Å². The smallest absolute Gasteiger partial charge is 0.270 e. The Labute approximate surface area is 202 Å². The zero-order chi connectivity index (χ0) is 24.5. The van der Waals surface area contributed by atoms with Crippen LogP contribution in [0.3, 0.4) is 0 Å². The molecule has 1 aliphatic heterocycles. The highest BCUT2D eigenvalue weighted by Gasteiger charge is 2.22. The van der Waals surface area contributed by atoms with E-state index in [0.29, 0.717) is 29.3 Å². The number of halogens is 2. The molecule has 1 amide bonds. The number of aryl methyl sites for hydroxylation is 3. The van der Waals surface area contributed by atoms with E-state index in [4.69, 9.17) is 4.74 Å². The van der Waals surface area contributed by atoms with Gasteiger partial charge in [-0.25, -0.2) is 13.8 Å². The van der Waals surface area contributed by atoms with E-state index in [1.807, 2.05) is 19.1 Å². The maximum atomic E-state index is 14.0. The summed E-state index contributed by atoms with van der Waals surface area (Å²) in [5.74, 6) is -1.24. The quantitative estimate of drug-likeness (QED) is 0.413. The number of carbonyl (C=O) groups is 1. The molecule has 6 nitrogen and oxygen atoms in total. The molecule has 4 aromatic rings. The number of nitrogens with one attached hydrogen (secondary N) is 2. The Bertz CT molecular complexity index is 1400. The Morgan fingerprint density at radius 2 is 1.94 bits per heavy atom. The molecule has 0 saturated heterocycles. The van der Waals surface area contributed by atoms with Gasteiger partial charge < -0.3 is 15.4 Å². The largest absolute Gasteiger partial charge is 0.485 e. The van der Waals surface area contributed by atoms with E-state index in [9.17, 15) is 13.6 Å². The van der Waals surface area contributed by atoms with Gasteiger partial charge in [0.05, 0.1) is 11.3 Å². The molecule has 0 bridgehead atoms. The van der Waals surface area contributed by atoms with Crippen LogP contribution < -0.4 is 15.4 Å². The highest BCUT2D eigenvalue weighted by atomic mass is 19.1. The van der Waals surface area contributed by atoms with Gasteiger partial charge in [-0.2, -0.15) is 0 Å². The number of ether oxygens (including phenoxy) is 1. The molecule has 0 aliphatic carbocycles. The molecule has 0 spiro atoms. The first-order chi connectivity index (χ1) is 16.9. The third-order valence-corrected chi connectivity index (χ3v) is 6.29. The molecule has 2 N–H and O–H groups in total. The van der Waals surface area contributed by atoms with Crippen LogP contribution in [-0.4, -0.2) is 27.9 Å². The van der Waals surface area contributed by atoms with Crippen LogP contribution in [0.2, 0.25) is 0 Å². The minimum atomic E-state index is -0.674. The second kappa shape index (κ2) is 9.37. The van der Waals surface area contributed by atoms with Gasteiger partial charge in [0.25, 0.3) is 5.91 Å². The lowest BCUT2D eigenvalue weighted by Gasteiger charge is -2.27. The fourth-order valence-electron chi connectivity index (χ4n) is 4.51. The number of pyridine rings is 1. The molecule has 1 aliphatic rings. The molecule has 0 saturated carbocycles. The fraction of sp³-hybridized carbons (Fsp3) is 0.259. The van der Waals surface area contributed by atoms with Gasteiger partial charge in [0.2, 0.25) is 0 Å². The lowest BCUT2D eigenvalue weighted by atomic mass is 9.98. The van der Waals surface area contributed by atoms with Gasteiger partial charge in [0.1, 0.15) is 23.9 Å². The number of hydrogen-bond donors (Lipinski definition) is 2. The summed E-state index contributed by atoms with van der Waals surface area (Å²) in [6.45, 7) is 3.80. The molecule has 0 fully saturated rings. The summed E-state index contributed by atoms with van der Waals surface area (Å²) < 4.78 is 35.5. The number of rotatable bonds is 6. The summed E-state index contributed by atoms with van der Waals surface area (Å²) in [6, 6.07) is 13.8. The SMILES string of the molecule is Cc1cc(OCc2c(F)cccc2F)c2nc(C)c(C(=O)NCC3CCc4ccccc4N3)n2c1. The number of para-hydroxylation sites is 1. The number of hydrogen-bond acceptors (Lipinski definition) is 4. The molecule has 0 radical (unpaired) electrons. The zero-order valence-electron chi connectivity index (χ0n) is 19.6. The van der Waals surface area contributed by atoms with Crippen LogP contribution >= 0.6 is 0 Å². The maximum Gasteiger partial charge on any atom is 0.270 e. The first-order valence-corrected chi connectivity index (χ1v) is 11.6. The standard InChI is InChI=1S/C27H26F2N4O2/c1-16-12-24(35-15-20-21(28)7-5-8-22(20)29)26-31-17(2)25(33(26)14-16)27(34)30-13-19-11-10-18-6-3-4-9-23(18)32-19/h3-9,12,14,19,32H,10-11,13,15H2,1-2H3,(H,30,34). The Hall–Kier alpha value is -3.94. The number of fused-ring (bicyclic) bond motifs is 2. The average Bonchev–Trinajstić information content (AvgIpc) is 3.17. The van der Waals surface area contributed by atoms with Crippen LogP contribution in [0.25, 0.3) is 5.65 Å². The third kappa shape index (κ3) is 4.56. The van der Waals surface area contributed by atoms with Crippen molar-refractivity contribution in [2.24, 2.45) is 0 Å². The first-order valence-electron chi connectivity index (χ1n) is 11.6. The molecule has 8 heteroatoms. The van der Waals surface area contributed by atoms with Gasteiger partial charge in [-0.05, 0) is 62.1 Å². The number of anilines is 1. The summed E-state index contributed by atoms with van der Waals surface area (Å²) in [6.07, 6.45) is 3.68. The Morgan fingerprint density at radius 1 is 1.17 bits per heavy atom. The van der Waals surface area contributed by atoms with Crippen LogP contribution in [0.5, 0.6) is 5.75 Å². The highest BCUT2D eigenvalue weighted by Crippen LogP contribution is 2.27. The van der Waals surface area contributed by atoms with E-state index in [1.54, 1.807) is 23.6 Å². The van der Waals surface area contributed by atoms with E-state index in [-0.39, 0.29) is 24.1 Å². The summed E-state index contributed by atoms with van der Waals surface area (Å²) in [5.41, 5.74) is 4.41.